The minimum absolute atomic E-state index is 0.134. The first-order chi connectivity index (χ1) is 16.9. The van der Waals surface area contributed by atoms with Gasteiger partial charge in [-0.25, -0.2) is 9.78 Å². The van der Waals surface area contributed by atoms with Gasteiger partial charge in [-0.05, 0) is 33.8 Å². The summed E-state index contributed by atoms with van der Waals surface area (Å²) in [4.78, 5) is 36.9. The molecule has 2 heterocycles. The number of pyridine rings is 1. The highest BCUT2D eigenvalue weighted by atomic mass is 35.5. The first kappa shape index (κ1) is 27.3. The third-order valence-corrected chi connectivity index (χ3v) is 5.99. The molecule has 0 radical (unpaired) electrons. The molecule has 0 saturated carbocycles. The summed E-state index contributed by atoms with van der Waals surface area (Å²) < 4.78 is 17.6. The zero-order chi connectivity index (χ0) is 26.8. The van der Waals surface area contributed by atoms with E-state index in [1.165, 1.54) is 29.8 Å². The Morgan fingerprint density at radius 3 is 2.25 bits per heavy atom. The number of methoxy groups -OCH3 is 2. The van der Waals surface area contributed by atoms with E-state index in [-0.39, 0.29) is 45.9 Å². The molecule has 0 bridgehead atoms. The summed E-state index contributed by atoms with van der Waals surface area (Å²) >= 11 is 13.2. The summed E-state index contributed by atoms with van der Waals surface area (Å²) in [6.07, 6.45) is 0.994. The lowest BCUT2D eigenvalue weighted by molar-refractivity contribution is 0.0201. The number of carbonyl (C=O) groups excluding carboxylic acids is 1. The van der Waals surface area contributed by atoms with Crippen molar-refractivity contribution in [1.29, 1.82) is 0 Å². The van der Waals surface area contributed by atoms with E-state index >= 15 is 0 Å². The van der Waals surface area contributed by atoms with Gasteiger partial charge in [0, 0.05) is 36.8 Å². The van der Waals surface area contributed by atoms with Crippen molar-refractivity contribution in [3.05, 3.63) is 38.7 Å². The van der Waals surface area contributed by atoms with Crippen molar-refractivity contribution in [3.8, 4) is 22.6 Å². The molecule has 0 atom stereocenters. The van der Waals surface area contributed by atoms with Gasteiger partial charge in [-0.1, -0.05) is 23.2 Å². The van der Waals surface area contributed by atoms with E-state index in [4.69, 9.17) is 37.4 Å². The highest BCUT2D eigenvalue weighted by Gasteiger charge is 2.26. The van der Waals surface area contributed by atoms with Crippen LogP contribution in [0.25, 0.3) is 22.2 Å². The van der Waals surface area contributed by atoms with Crippen LogP contribution < -0.4 is 20.3 Å². The molecule has 0 unspecified atom stereocenters. The minimum Gasteiger partial charge on any atom is -0.495 e. The molecule has 1 aromatic carbocycles. The molecule has 3 rings (SSSR count). The maximum atomic E-state index is 14.0. The molecule has 3 aromatic rings. The number of rotatable bonds is 7. The third-order valence-electron chi connectivity index (χ3n) is 5.24. The number of aromatic nitrogens is 3. The summed E-state index contributed by atoms with van der Waals surface area (Å²) in [5, 5.41) is 3.66. The van der Waals surface area contributed by atoms with Crippen molar-refractivity contribution < 1.29 is 19.0 Å². The molecule has 12 heteroatoms. The molecule has 0 aliphatic heterocycles. The number of fused-ring (bicyclic) bond motifs is 1. The average Bonchev–Trinajstić information content (AvgIpc) is 2.82. The van der Waals surface area contributed by atoms with Crippen LogP contribution in [0, 0.1) is 0 Å². The zero-order valence-electron chi connectivity index (χ0n) is 21.2. The second-order valence-electron chi connectivity index (χ2n) is 8.78. The molecular weight excluding hydrogens is 509 g/mol. The van der Waals surface area contributed by atoms with Crippen molar-refractivity contribution in [2.24, 2.45) is 0 Å². The van der Waals surface area contributed by atoms with Crippen LogP contribution in [0.1, 0.15) is 27.7 Å². The van der Waals surface area contributed by atoms with Crippen LogP contribution in [-0.2, 0) is 11.4 Å². The van der Waals surface area contributed by atoms with Crippen LogP contribution >= 0.6 is 23.2 Å². The quantitative estimate of drug-likeness (QED) is 0.446. The molecular formula is C24H29Cl2N5O5. The number of ether oxygens (including phenoxy) is 3. The van der Waals surface area contributed by atoms with Gasteiger partial charge in [0.2, 0.25) is 5.95 Å². The minimum atomic E-state index is -0.709. The Bertz CT molecular complexity index is 1330. The van der Waals surface area contributed by atoms with Crippen LogP contribution in [0.2, 0.25) is 10.0 Å². The van der Waals surface area contributed by atoms with Gasteiger partial charge in [0.25, 0.3) is 5.56 Å². The molecule has 1 amide bonds. The lowest BCUT2D eigenvalue weighted by Gasteiger charge is -2.27. The largest absolute Gasteiger partial charge is 0.495 e. The number of amides is 1. The number of halogens is 2. The molecule has 0 spiro atoms. The average molecular weight is 538 g/mol. The number of hydrogen-bond acceptors (Lipinski definition) is 8. The monoisotopic (exact) mass is 537 g/mol. The Kier molecular flexibility index (Phi) is 8.20. The summed E-state index contributed by atoms with van der Waals surface area (Å²) in [6.45, 7) is 7.25. The number of nitrogens with zero attached hydrogens (tertiary/aromatic N) is 4. The normalized spacial score (nSPS) is 11.4. The fourth-order valence-electron chi connectivity index (χ4n) is 3.50. The fourth-order valence-corrected chi connectivity index (χ4v) is 4.20. The number of benzene rings is 1. The lowest BCUT2D eigenvalue weighted by atomic mass is 10.0. The van der Waals surface area contributed by atoms with Crippen molar-refractivity contribution in [2.75, 3.05) is 33.1 Å². The second-order valence-corrected chi connectivity index (χ2v) is 9.53. The summed E-state index contributed by atoms with van der Waals surface area (Å²) in [6, 6.07) is 3.14. The van der Waals surface area contributed by atoms with Crippen LogP contribution in [0.15, 0.2) is 23.1 Å². The van der Waals surface area contributed by atoms with Crippen molar-refractivity contribution in [2.45, 2.75) is 40.0 Å². The van der Waals surface area contributed by atoms with E-state index in [2.05, 4.69) is 15.3 Å². The van der Waals surface area contributed by atoms with Crippen LogP contribution in [0.3, 0.4) is 0 Å². The van der Waals surface area contributed by atoms with Crippen molar-refractivity contribution in [3.63, 3.8) is 0 Å². The van der Waals surface area contributed by atoms with Gasteiger partial charge in [-0.15, -0.1) is 0 Å². The van der Waals surface area contributed by atoms with Gasteiger partial charge >= 0.3 is 6.09 Å². The van der Waals surface area contributed by atoms with Gasteiger partial charge < -0.3 is 19.5 Å². The first-order valence-electron chi connectivity index (χ1n) is 11.1. The Hall–Kier alpha value is -3.24. The number of carbonyl (C=O) groups is 1. The van der Waals surface area contributed by atoms with Crippen molar-refractivity contribution >= 4 is 46.3 Å². The molecule has 0 aliphatic rings. The van der Waals surface area contributed by atoms with Gasteiger partial charge in [-0.2, -0.15) is 4.98 Å². The number of nitrogens with one attached hydrogen (secondary N) is 1. The summed E-state index contributed by atoms with van der Waals surface area (Å²) in [5.41, 5.74) is -0.487. The maximum absolute atomic E-state index is 14.0. The third kappa shape index (κ3) is 5.44. The molecule has 1 N–H and O–H groups in total. The predicted molar refractivity (Wildman–Crippen MR) is 141 cm³/mol. The molecule has 194 valence electrons. The van der Waals surface area contributed by atoms with Gasteiger partial charge in [0.05, 0.1) is 29.8 Å². The second kappa shape index (κ2) is 10.8. The van der Waals surface area contributed by atoms with Gasteiger partial charge in [-0.3, -0.25) is 14.3 Å². The topological polar surface area (TPSA) is 108 Å². The number of anilines is 1. The van der Waals surface area contributed by atoms with E-state index < -0.39 is 17.3 Å². The standard InChI is InChI=1S/C24H29Cl2N5O5/c1-8-30(23(33)36-24(2,3)4)12-31-20-13(11-28-22(27-5)29-20)9-14(21(31)32)17-18(25)15(34-6)10-16(35-7)19(17)26/h9-11H,8,12H2,1-7H3,(H,27,28,29). The van der Waals surface area contributed by atoms with E-state index in [9.17, 15) is 9.59 Å². The van der Waals surface area contributed by atoms with Crippen molar-refractivity contribution in [1.82, 2.24) is 19.4 Å². The lowest BCUT2D eigenvalue weighted by Crippen LogP contribution is -2.40. The Morgan fingerprint density at radius 2 is 1.75 bits per heavy atom. The molecule has 0 aliphatic carbocycles. The number of hydrogen-bond donors (Lipinski definition) is 1. The van der Waals surface area contributed by atoms with Crippen LogP contribution in [0.5, 0.6) is 11.5 Å². The molecule has 2 aromatic heterocycles. The van der Waals surface area contributed by atoms with E-state index in [0.717, 1.165) is 0 Å². The summed E-state index contributed by atoms with van der Waals surface area (Å²) in [7, 11) is 4.56. The highest BCUT2D eigenvalue weighted by molar-refractivity contribution is 6.41. The van der Waals surface area contributed by atoms with Gasteiger partial charge in [0.15, 0.2) is 0 Å². The predicted octanol–water partition coefficient (Wildman–Crippen LogP) is 5.04. The smallest absolute Gasteiger partial charge is 0.411 e. The molecule has 36 heavy (non-hydrogen) atoms. The van der Waals surface area contributed by atoms with Crippen LogP contribution in [-0.4, -0.2) is 58.9 Å². The fraction of sp³-hybridized carbons (Fsp3) is 0.417. The van der Waals surface area contributed by atoms with E-state index in [0.29, 0.717) is 17.0 Å². The molecule has 0 saturated heterocycles. The Morgan fingerprint density at radius 1 is 1.14 bits per heavy atom. The molecule has 0 fully saturated rings. The van der Waals surface area contributed by atoms with E-state index in [1.807, 2.05) is 0 Å². The SMILES string of the molecule is CCN(Cn1c(=O)c(-c2c(Cl)c(OC)cc(OC)c2Cl)cc2cnc(NC)nc21)C(=O)OC(C)(C)C. The molecule has 10 nitrogen and oxygen atoms in total. The summed E-state index contributed by atoms with van der Waals surface area (Å²) in [5.74, 6) is 0.872. The van der Waals surface area contributed by atoms with Crippen LogP contribution in [0.4, 0.5) is 10.7 Å². The highest BCUT2D eigenvalue weighted by Crippen LogP contribution is 2.45. The Balaban J connectivity index is 2.32. The zero-order valence-corrected chi connectivity index (χ0v) is 22.7. The first-order valence-corrected chi connectivity index (χ1v) is 11.9. The van der Waals surface area contributed by atoms with Gasteiger partial charge in [0.1, 0.15) is 29.4 Å². The Labute approximate surface area is 219 Å². The maximum Gasteiger partial charge on any atom is 0.411 e. The van der Waals surface area contributed by atoms with E-state index in [1.54, 1.807) is 47.0 Å².